The van der Waals surface area contributed by atoms with Crippen LogP contribution < -0.4 is 0 Å². The zero-order chi connectivity index (χ0) is 23.2. The van der Waals surface area contributed by atoms with Crippen molar-refractivity contribution in [1.29, 1.82) is 0 Å². The van der Waals surface area contributed by atoms with Crippen LogP contribution >= 0.6 is 11.6 Å². The van der Waals surface area contributed by atoms with E-state index in [1.54, 1.807) is 0 Å². The predicted octanol–water partition coefficient (Wildman–Crippen LogP) is 5.13. The Balaban J connectivity index is 2.20. The summed E-state index contributed by atoms with van der Waals surface area (Å²) in [7, 11) is 0. The molecular weight excluding hydrogens is 426 g/mol. The molecule has 0 aliphatic carbocycles. The van der Waals surface area contributed by atoms with Crippen molar-refractivity contribution >= 4 is 23.5 Å². The molecule has 0 bridgehead atoms. The van der Waals surface area contributed by atoms with Crippen molar-refractivity contribution in [2.24, 2.45) is 0 Å². The molecule has 0 spiro atoms. The van der Waals surface area contributed by atoms with E-state index in [-0.39, 0.29) is 18.9 Å². The molecule has 0 N–H and O–H groups in total. The third-order valence-corrected chi connectivity index (χ3v) is 5.28. The van der Waals surface area contributed by atoms with Gasteiger partial charge in [-0.25, -0.2) is 0 Å². The number of unbranched alkanes of at least 4 members (excludes halogenated alkanes) is 1. The monoisotopic (exact) mass is 457 g/mol. The van der Waals surface area contributed by atoms with Crippen LogP contribution in [-0.4, -0.2) is 41.9 Å². The van der Waals surface area contributed by atoms with E-state index in [0.717, 1.165) is 29.5 Å². The summed E-state index contributed by atoms with van der Waals surface area (Å²) < 4.78 is 10.9. The average molecular weight is 458 g/mol. The summed E-state index contributed by atoms with van der Waals surface area (Å²) in [6, 6.07) is 18.4. The first-order chi connectivity index (χ1) is 15.5. The van der Waals surface area contributed by atoms with Crippen LogP contribution in [0.3, 0.4) is 0 Å². The quantitative estimate of drug-likeness (QED) is 0.170. The lowest BCUT2D eigenvalue weighted by Crippen LogP contribution is -2.44. The van der Waals surface area contributed by atoms with Crippen LogP contribution in [0.25, 0.3) is 0 Å². The summed E-state index contributed by atoms with van der Waals surface area (Å²) in [4.78, 5) is 27.5. The molecule has 2 aromatic carbocycles. The average Bonchev–Trinajstić information content (AvgIpc) is 2.82. The number of benzene rings is 2. The number of hydrogen-bond acceptors (Lipinski definition) is 5. The van der Waals surface area contributed by atoms with Crippen molar-refractivity contribution < 1.29 is 19.1 Å². The van der Waals surface area contributed by atoms with Gasteiger partial charge in [-0.3, -0.25) is 14.5 Å². The van der Waals surface area contributed by atoms with E-state index in [1.165, 1.54) is 0 Å². The third kappa shape index (κ3) is 9.25. The Morgan fingerprint density at radius 2 is 1.62 bits per heavy atom. The number of nitrogens with zero attached hydrogens (tertiary/aromatic N) is 1. The Kier molecular flexibility index (Phi) is 11.6. The fourth-order valence-electron chi connectivity index (χ4n) is 3.16. The number of ether oxygens (including phenoxy) is 2. The minimum Gasteiger partial charge on any atom is -0.466 e. The number of rotatable bonds is 14. The fourth-order valence-corrected chi connectivity index (χ4v) is 3.24. The molecule has 0 unspecified atom stereocenters. The highest BCUT2D eigenvalue weighted by molar-refractivity contribution is 6.19. The molecule has 32 heavy (non-hydrogen) atoms. The maximum atomic E-state index is 13.1. The summed E-state index contributed by atoms with van der Waals surface area (Å²) in [5.41, 5.74) is 2.64. The zero-order valence-electron chi connectivity index (χ0n) is 18.7. The first-order valence-corrected chi connectivity index (χ1v) is 11.4. The van der Waals surface area contributed by atoms with E-state index in [4.69, 9.17) is 21.1 Å². The van der Waals surface area contributed by atoms with E-state index in [2.05, 4.69) is 6.58 Å². The zero-order valence-corrected chi connectivity index (χ0v) is 19.4. The first-order valence-electron chi connectivity index (χ1n) is 10.9. The van der Waals surface area contributed by atoms with E-state index in [0.29, 0.717) is 19.7 Å². The van der Waals surface area contributed by atoms with Gasteiger partial charge in [0.05, 0.1) is 13.0 Å². The third-order valence-electron chi connectivity index (χ3n) is 4.90. The summed E-state index contributed by atoms with van der Waals surface area (Å²) >= 11 is 5.98. The molecule has 2 rings (SSSR count). The van der Waals surface area contributed by atoms with Crippen LogP contribution in [0.2, 0.25) is 0 Å². The highest BCUT2D eigenvalue weighted by Gasteiger charge is 2.31. The van der Waals surface area contributed by atoms with Gasteiger partial charge in [-0.1, -0.05) is 80.6 Å². The van der Waals surface area contributed by atoms with Gasteiger partial charge in [-0.15, -0.1) is 11.6 Å². The molecule has 0 fully saturated rings. The second-order valence-corrected chi connectivity index (χ2v) is 7.93. The minimum atomic E-state index is -0.812. The maximum absolute atomic E-state index is 13.1. The number of halogens is 1. The lowest BCUT2D eigenvalue weighted by Gasteiger charge is -2.30. The molecule has 5 nitrogen and oxygen atoms in total. The van der Waals surface area contributed by atoms with Crippen LogP contribution in [0.15, 0.2) is 72.8 Å². The number of hydrogen-bond donors (Lipinski definition) is 0. The van der Waals surface area contributed by atoms with Crippen molar-refractivity contribution in [2.45, 2.75) is 45.4 Å². The van der Waals surface area contributed by atoms with Crippen LogP contribution in [0.5, 0.6) is 0 Å². The number of alkyl halides is 1. The largest absolute Gasteiger partial charge is 0.466 e. The van der Waals surface area contributed by atoms with E-state index in [9.17, 15) is 9.59 Å². The minimum absolute atomic E-state index is 0.0975. The lowest BCUT2D eigenvalue weighted by atomic mass is 10.1. The Labute approximate surface area is 196 Å². The van der Waals surface area contributed by atoms with Crippen molar-refractivity contribution in [3.63, 3.8) is 0 Å². The summed E-state index contributed by atoms with van der Waals surface area (Å²) in [6.45, 7) is 7.30. The molecule has 0 amide bonds. The molecule has 1 atom stereocenters. The van der Waals surface area contributed by atoms with Gasteiger partial charge in [-0.05, 0) is 23.1 Å². The Bertz CT molecular complexity index is 841. The Hall–Kier alpha value is -2.63. The second-order valence-electron chi connectivity index (χ2n) is 7.66. The number of carbonyl (C=O) groups excluding carboxylic acids is 2. The summed E-state index contributed by atoms with van der Waals surface area (Å²) in [5, 5.41) is 0. The number of esters is 2. The van der Waals surface area contributed by atoms with Gasteiger partial charge in [0.1, 0.15) is 12.6 Å². The molecule has 2 aromatic rings. The molecule has 0 saturated heterocycles. The van der Waals surface area contributed by atoms with E-state index < -0.39 is 18.0 Å². The van der Waals surface area contributed by atoms with Gasteiger partial charge in [-0.2, -0.15) is 0 Å². The summed E-state index contributed by atoms with van der Waals surface area (Å²) in [6.07, 6.45) is 1.61. The lowest BCUT2D eigenvalue weighted by molar-refractivity contribution is -0.157. The van der Waals surface area contributed by atoms with Crippen molar-refractivity contribution in [1.82, 2.24) is 4.90 Å². The molecule has 0 aliphatic heterocycles. The van der Waals surface area contributed by atoms with Crippen LogP contribution in [0.1, 0.15) is 37.3 Å². The highest BCUT2D eigenvalue weighted by Crippen LogP contribution is 2.17. The van der Waals surface area contributed by atoms with Gasteiger partial charge in [0.15, 0.2) is 0 Å². The van der Waals surface area contributed by atoms with Crippen molar-refractivity contribution in [2.75, 3.05) is 19.0 Å². The molecule has 0 radical (unpaired) electrons. The summed E-state index contributed by atoms with van der Waals surface area (Å²) in [5.74, 6) is -0.632. The van der Waals surface area contributed by atoms with Crippen LogP contribution in [0, 0.1) is 0 Å². The second kappa shape index (κ2) is 14.4. The smallest absolute Gasteiger partial charge is 0.324 e. The van der Waals surface area contributed by atoms with Gasteiger partial charge in [0, 0.05) is 19.0 Å². The number of carbonyl (C=O) groups is 2. The van der Waals surface area contributed by atoms with Gasteiger partial charge in [0.25, 0.3) is 0 Å². The normalized spacial score (nSPS) is 11.7. The SMILES string of the molecule is C=C(CCl)CN(Cc1ccccc1)[C@@H](CC(=O)OCCCC)C(=O)OCc1ccccc1. The fraction of sp³-hybridized carbons (Fsp3) is 0.385. The van der Waals surface area contributed by atoms with Gasteiger partial charge < -0.3 is 9.47 Å². The van der Waals surface area contributed by atoms with E-state index in [1.807, 2.05) is 72.5 Å². The predicted molar refractivity (Wildman–Crippen MR) is 127 cm³/mol. The van der Waals surface area contributed by atoms with Crippen LogP contribution in [-0.2, 0) is 32.2 Å². The van der Waals surface area contributed by atoms with Crippen LogP contribution in [0.4, 0.5) is 0 Å². The standard InChI is InChI=1S/C26H32ClNO4/c1-3-4-15-31-25(29)16-24(26(30)32-20-23-13-9-6-10-14-23)28(18-21(2)17-27)19-22-11-7-5-8-12-22/h5-14,24H,2-4,15-20H2,1H3/t24-/m0/s1. The van der Waals surface area contributed by atoms with Gasteiger partial charge >= 0.3 is 11.9 Å². The van der Waals surface area contributed by atoms with Crippen molar-refractivity contribution in [3.05, 3.63) is 83.9 Å². The Morgan fingerprint density at radius 3 is 2.22 bits per heavy atom. The highest BCUT2D eigenvalue weighted by atomic mass is 35.5. The molecule has 0 aromatic heterocycles. The topological polar surface area (TPSA) is 55.8 Å². The first kappa shape index (κ1) is 25.6. The molecule has 0 saturated carbocycles. The molecule has 0 heterocycles. The molecule has 172 valence electrons. The molecule has 6 heteroatoms. The molecular formula is C26H32ClNO4. The Morgan fingerprint density at radius 1 is 1.00 bits per heavy atom. The van der Waals surface area contributed by atoms with E-state index >= 15 is 0 Å². The molecule has 0 aliphatic rings. The van der Waals surface area contributed by atoms with Gasteiger partial charge in [0.2, 0.25) is 0 Å². The maximum Gasteiger partial charge on any atom is 0.324 e. The van der Waals surface area contributed by atoms with Crippen molar-refractivity contribution in [3.8, 4) is 0 Å².